The van der Waals surface area contributed by atoms with Crippen molar-refractivity contribution in [1.29, 1.82) is 0 Å². The molecule has 3 rings (SSSR count). The van der Waals surface area contributed by atoms with Crippen molar-refractivity contribution in [3.63, 3.8) is 0 Å². The first-order chi connectivity index (χ1) is 13.0. The van der Waals surface area contributed by atoms with E-state index in [0.717, 1.165) is 5.56 Å². The van der Waals surface area contributed by atoms with Gasteiger partial charge in [-0.25, -0.2) is 4.79 Å². The van der Waals surface area contributed by atoms with Crippen LogP contribution in [0.25, 0.3) is 0 Å². The summed E-state index contributed by atoms with van der Waals surface area (Å²) in [5, 5.41) is 3.47. The molecule has 0 bridgehead atoms. The van der Waals surface area contributed by atoms with Crippen LogP contribution in [0.3, 0.4) is 0 Å². The molecule has 2 aliphatic heterocycles. The van der Waals surface area contributed by atoms with Gasteiger partial charge in [0.1, 0.15) is 10.1 Å². The topological polar surface area (TPSA) is 97.3 Å². The maximum atomic E-state index is 12.3. The molecule has 10 heteroatoms. The lowest BCUT2D eigenvalue weighted by atomic mass is 10.2. The molecule has 0 aromatic carbocycles. The Morgan fingerprint density at radius 1 is 1.41 bits per heavy atom. The van der Waals surface area contributed by atoms with Crippen molar-refractivity contribution in [2.45, 2.75) is 25.5 Å². The predicted molar refractivity (Wildman–Crippen MR) is 104 cm³/mol. The van der Waals surface area contributed by atoms with Crippen molar-refractivity contribution >= 4 is 51.1 Å². The first kappa shape index (κ1) is 19.8. The number of thioether (sulfide) groups is 1. The third-order valence-electron chi connectivity index (χ3n) is 4.02. The van der Waals surface area contributed by atoms with Crippen LogP contribution in [-0.4, -0.2) is 66.0 Å². The second-order valence-electron chi connectivity index (χ2n) is 6.03. The molecule has 1 fully saturated rings. The van der Waals surface area contributed by atoms with Crippen molar-refractivity contribution in [2.24, 2.45) is 4.99 Å². The maximum absolute atomic E-state index is 12.3. The molecule has 2 aliphatic rings. The number of ether oxygens (including phenoxy) is 2. The minimum atomic E-state index is -0.520. The molecular weight excluding hydrogens is 390 g/mol. The van der Waals surface area contributed by atoms with Crippen LogP contribution in [-0.2, 0) is 19.1 Å². The fourth-order valence-corrected chi connectivity index (χ4v) is 4.80. The molecule has 1 atom stereocenters. The average molecular weight is 412 g/mol. The van der Waals surface area contributed by atoms with Crippen LogP contribution in [0.15, 0.2) is 11.1 Å². The highest BCUT2D eigenvalue weighted by molar-refractivity contribution is 8.15. The molecule has 2 amide bonds. The van der Waals surface area contributed by atoms with Crippen molar-refractivity contribution in [1.82, 2.24) is 4.90 Å². The van der Waals surface area contributed by atoms with Crippen molar-refractivity contribution in [3.05, 3.63) is 16.5 Å². The maximum Gasteiger partial charge on any atom is 0.348 e. The molecule has 1 aromatic heterocycles. The van der Waals surface area contributed by atoms with Crippen LogP contribution in [0.2, 0.25) is 0 Å². The van der Waals surface area contributed by atoms with E-state index >= 15 is 0 Å². The van der Waals surface area contributed by atoms with E-state index in [0.29, 0.717) is 48.0 Å². The van der Waals surface area contributed by atoms with E-state index < -0.39 is 11.2 Å². The molecule has 3 heterocycles. The predicted octanol–water partition coefficient (Wildman–Crippen LogP) is 1.89. The Morgan fingerprint density at radius 2 is 2.15 bits per heavy atom. The molecule has 1 aromatic rings. The summed E-state index contributed by atoms with van der Waals surface area (Å²) in [5.41, 5.74) is 0.748. The lowest BCUT2D eigenvalue weighted by Crippen LogP contribution is -2.39. The number of nitrogens with one attached hydrogen (secondary N) is 1. The van der Waals surface area contributed by atoms with Gasteiger partial charge in [-0.2, -0.15) is 4.99 Å². The second kappa shape index (κ2) is 8.85. The van der Waals surface area contributed by atoms with Gasteiger partial charge in [0.05, 0.1) is 24.8 Å². The van der Waals surface area contributed by atoms with Crippen LogP contribution >= 0.6 is 23.1 Å². The van der Waals surface area contributed by atoms with E-state index in [1.54, 1.807) is 19.9 Å². The number of nitrogens with zero attached hydrogens (tertiary/aromatic N) is 2. The number of carbonyl (C=O) groups is 3. The standard InChI is InChI=1S/C17H21N3O5S2/c1-3-25-16(23)14-10(2)8-13(27-14)18-12(21)9-11-15(22)19-17(26-11)20-4-6-24-7-5-20/h8,11H,3-7,9H2,1-2H3,(H,18,21)/t11-/m0/s1. The zero-order chi connectivity index (χ0) is 19.4. The number of anilines is 1. The van der Waals surface area contributed by atoms with Gasteiger partial charge in [-0.1, -0.05) is 11.8 Å². The fourth-order valence-electron chi connectivity index (χ4n) is 2.70. The summed E-state index contributed by atoms with van der Waals surface area (Å²) in [5.74, 6) is -0.965. The number of morpholine rings is 1. The highest BCUT2D eigenvalue weighted by atomic mass is 32.2. The van der Waals surface area contributed by atoms with Crippen molar-refractivity contribution in [3.8, 4) is 0 Å². The van der Waals surface area contributed by atoms with E-state index in [2.05, 4.69) is 10.3 Å². The van der Waals surface area contributed by atoms with E-state index in [1.165, 1.54) is 23.1 Å². The Morgan fingerprint density at radius 3 is 2.85 bits per heavy atom. The summed E-state index contributed by atoms with van der Waals surface area (Å²) in [6.45, 7) is 6.44. The number of aliphatic imine (C=N–C) groups is 1. The van der Waals surface area contributed by atoms with Crippen molar-refractivity contribution < 1.29 is 23.9 Å². The number of carbonyl (C=O) groups excluding carboxylic acids is 3. The Balaban J connectivity index is 1.55. The quantitative estimate of drug-likeness (QED) is 0.739. The van der Waals surface area contributed by atoms with Crippen LogP contribution in [0.1, 0.15) is 28.6 Å². The van der Waals surface area contributed by atoms with Gasteiger partial charge in [0.25, 0.3) is 5.91 Å². The molecular formula is C17H21N3O5S2. The SMILES string of the molecule is CCOC(=O)c1sc(NC(=O)C[C@@H]2SC(N3CCOCC3)=NC2=O)cc1C. The third-order valence-corrected chi connectivity index (χ3v) is 6.37. The zero-order valence-corrected chi connectivity index (χ0v) is 16.8. The van der Waals surface area contributed by atoms with Crippen LogP contribution in [0.5, 0.6) is 0 Å². The van der Waals surface area contributed by atoms with E-state index in [9.17, 15) is 14.4 Å². The number of esters is 1. The summed E-state index contributed by atoms with van der Waals surface area (Å²) in [6.07, 6.45) is 0.0343. The van der Waals surface area contributed by atoms with Crippen LogP contribution in [0, 0.1) is 6.92 Å². The molecule has 27 heavy (non-hydrogen) atoms. The normalized spacial score (nSPS) is 19.8. The highest BCUT2D eigenvalue weighted by Gasteiger charge is 2.33. The Kier molecular flexibility index (Phi) is 6.51. The van der Waals surface area contributed by atoms with E-state index in [-0.39, 0.29) is 18.2 Å². The number of aryl methyl sites for hydroxylation is 1. The summed E-state index contributed by atoms with van der Waals surface area (Å²) in [6, 6.07) is 1.73. The second-order valence-corrected chi connectivity index (χ2v) is 8.26. The summed E-state index contributed by atoms with van der Waals surface area (Å²) >= 11 is 2.49. The van der Waals surface area contributed by atoms with Crippen LogP contribution in [0.4, 0.5) is 5.00 Å². The van der Waals surface area contributed by atoms with Gasteiger partial charge in [0, 0.05) is 19.5 Å². The molecule has 0 saturated carbocycles. The summed E-state index contributed by atoms with van der Waals surface area (Å²) < 4.78 is 10.3. The van der Waals surface area contributed by atoms with Crippen LogP contribution < -0.4 is 5.32 Å². The number of amides is 2. The molecule has 0 aliphatic carbocycles. The minimum Gasteiger partial charge on any atom is -0.462 e. The van der Waals surface area contributed by atoms with Gasteiger partial charge in [-0.05, 0) is 25.5 Å². The van der Waals surface area contributed by atoms with E-state index in [1.807, 2.05) is 4.90 Å². The summed E-state index contributed by atoms with van der Waals surface area (Å²) in [7, 11) is 0. The first-order valence-corrected chi connectivity index (χ1v) is 10.4. The lowest BCUT2D eigenvalue weighted by molar-refractivity contribution is -0.121. The molecule has 1 N–H and O–H groups in total. The van der Waals surface area contributed by atoms with Gasteiger partial charge in [0.15, 0.2) is 5.17 Å². The Labute approximate surface area is 165 Å². The van der Waals surface area contributed by atoms with Gasteiger partial charge in [-0.15, -0.1) is 11.3 Å². The number of hydrogen-bond donors (Lipinski definition) is 1. The first-order valence-electron chi connectivity index (χ1n) is 8.67. The number of hydrogen-bond acceptors (Lipinski definition) is 8. The molecule has 8 nitrogen and oxygen atoms in total. The molecule has 0 unspecified atom stereocenters. The van der Waals surface area contributed by atoms with E-state index in [4.69, 9.17) is 9.47 Å². The number of rotatable bonds is 5. The van der Waals surface area contributed by atoms with Crippen molar-refractivity contribution in [2.75, 3.05) is 38.2 Å². The molecule has 1 saturated heterocycles. The molecule has 0 spiro atoms. The third kappa shape index (κ3) is 4.88. The zero-order valence-electron chi connectivity index (χ0n) is 15.1. The van der Waals surface area contributed by atoms with Gasteiger partial charge < -0.3 is 19.7 Å². The monoisotopic (exact) mass is 411 g/mol. The number of thiophene rings is 1. The van der Waals surface area contributed by atoms with Gasteiger partial charge >= 0.3 is 5.97 Å². The fraction of sp³-hybridized carbons (Fsp3) is 0.529. The van der Waals surface area contributed by atoms with Gasteiger partial charge in [-0.3, -0.25) is 9.59 Å². The van der Waals surface area contributed by atoms with Gasteiger partial charge in [0.2, 0.25) is 5.91 Å². The molecule has 146 valence electrons. The highest BCUT2D eigenvalue weighted by Crippen LogP contribution is 2.30. The Bertz CT molecular complexity index is 771. The summed E-state index contributed by atoms with van der Waals surface area (Å²) in [4.78, 5) is 42.9. The number of amidine groups is 1. The minimum absolute atomic E-state index is 0.0343. The Hall–Kier alpha value is -1.91. The molecule has 0 radical (unpaired) electrons. The average Bonchev–Trinajstić information content (AvgIpc) is 3.18. The largest absolute Gasteiger partial charge is 0.462 e. The smallest absolute Gasteiger partial charge is 0.348 e. The lowest BCUT2D eigenvalue weighted by Gasteiger charge is -2.27.